The molecule has 0 spiro atoms. The number of aryl methyl sites for hydroxylation is 1. The quantitative estimate of drug-likeness (QED) is 0.540. The highest BCUT2D eigenvalue weighted by Gasteiger charge is 2.10. The third-order valence-electron chi connectivity index (χ3n) is 3.21. The second kappa shape index (κ2) is 5.84. The summed E-state index contributed by atoms with van der Waals surface area (Å²) in [5.41, 5.74) is 1.28. The van der Waals surface area contributed by atoms with Crippen LogP contribution in [0.2, 0.25) is 0 Å². The average Bonchev–Trinajstić information content (AvgIpc) is 2.95. The highest BCUT2D eigenvalue weighted by Crippen LogP contribution is 2.21. The molecule has 0 unspecified atom stereocenters. The Morgan fingerprint density at radius 1 is 1.26 bits per heavy atom. The molecule has 1 aromatic carbocycles. The summed E-state index contributed by atoms with van der Waals surface area (Å²) < 4.78 is 6.21. The summed E-state index contributed by atoms with van der Waals surface area (Å²) in [4.78, 5) is 22.3. The molecule has 8 heteroatoms. The van der Waals surface area contributed by atoms with Crippen molar-refractivity contribution in [2.45, 2.75) is 13.5 Å². The number of nitrogens with zero attached hydrogens (tertiary/aromatic N) is 4. The minimum Gasteiger partial charge on any atom is -0.361 e. The van der Waals surface area contributed by atoms with Crippen LogP contribution in [0.5, 0.6) is 0 Å². The molecule has 0 amide bonds. The van der Waals surface area contributed by atoms with Gasteiger partial charge in [0.05, 0.1) is 17.2 Å². The molecule has 23 heavy (non-hydrogen) atoms. The molecule has 0 N–H and O–H groups in total. The van der Waals surface area contributed by atoms with Crippen molar-refractivity contribution < 1.29 is 9.45 Å². The Balaban J connectivity index is 1.98. The van der Waals surface area contributed by atoms with Gasteiger partial charge in [0.2, 0.25) is 0 Å². The van der Waals surface area contributed by atoms with Crippen molar-refractivity contribution in [1.29, 1.82) is 0 Å². The monoisotopic (exact) mass is 312 g/mol. The minimum absolute atomic E-state index is 0.0332. The highest BCUT2D eigenvalue weighted by molar-refractivity contribution is 5.61. The van der Waals surface area contributed by atoms with Gasteiger partial charge in [-0.3, -0.25) is 14.9 Å². The second-order valence-electron chi connectivity index (χ2n) is 4.95. The van der Waals surface area contributed by atoms with Crippen molar-refractivity contribution in [3.63, 3.8) is 0 Å². The van der Waals surface area contributed by atoms with Crippen LogP contribution in [0.1, 0.15) is 11.5 Å². The van der Waals surface area contributed by atoms with E-state index < -0.39 is 4.92 Å². The molecule has 0 saturated carbocycles. The van der Waals surface area contributed by atoms with E-state index in [1.165, 1.54) is 28.9 Å². The lowest BCUT2D eigenvalue weighted by atomic mass is 10.1. The largest absolute Gasteiger partial charge is 0.361 e. The molecule has 8 nitrogen and oxygen atoms in total. The number of non-ortho nitro benzene ring substituents is 1. The fourth-order valence-corrected chi connectivity index (χ4v) is 2.14. The summed E-state index contributed by atoms with van der Waals surface area (Å²) in [7, 11) is 0. The molecule has 0 fully saturated rings. The maximum atomic E-state index is 11.9. The third kappa shape index (κ3) is 3.15. The molecule has 0 bridgehead atoms. The Kier molecular flexibility index (Phi) is 3.71. The van der Waals surface area contributed by atoms with Crippen LogP contribution in [0.15, 0.2) is 51.8 Å². The predicted molar refractivity (Wildman–Crippen MR) is 80.9 cm³/mol. The molecule has 0 aliphatic rings. The number of hydrogen-bond donors (Lipinski definition) is 0. The van der Waals surface area contributed by atoms with Crippen LogP contribution in [0, 0.1) is 17.0 Å². The summed E-state index contributed by atoms with van der Waals surface area (Å²) >= 11 is 0. The van der Waals surface area contributed by atoms with Crippen molar-refractivity contribution >= 4 is 5.69 Å². The molecule has 3 rings (SSSR count). The third-order valence-corrected chi connectivity index (χ3v) is 3.21. The van der Waals surface area contributed by atoms with Gasteiger partial charge in [-0.05, 0) is 13.0 Å². The number of nitro benzene ring substituents is 1. The zero-order valence-electron chi connectivity index (χ0n) is 12.2. The predicted octanol–water partition coefficient (Wildman–Crippen LogP) is 2.16. The van der Waals surface area contributed by atoms with Crippen LogP contribution in [0.3, 0.4) is 0 Å². The van der Waals surface area contributed by atoms with Gasteiger partial charge < -0.3 is 4.52 Å². The molecule has 2 heterocycles. The maximum absolute atomic E-state index is 11.9. The van der Waals surface area contributed by atoms with Crippen LogP contribution >= 0.6 is 0 Å². The van der Waals surface area contributed by atoms with Crippen molar-refractivity contribution in [2.75, 3.05) is 0 Å². The van der Waals surface area contributed by atoms with Gasteiger partial charge in [-0.15, -0.1) is 0 Å². The van der Waals surface area contributed by atoms with Gasteiger partial charge in [-0.25, -0.2) is 4.68 Å². The van der Waals surface area contributed by atoms with Gasteiger partial charge in [0.1, 0.15) is 11.5 Å². The molecule has 0 atom stereocenters. The van der Waals surface area contributed by atoms with Crippen LogP contribution in [0.25, 0.3) is 11.3 Å². The van der Waals surface area contributed by atoms with Gasteiger partial charge in [0.15, 0.2) is 0 Å². The fraction of sp³-hybridized carbons (Fsp3) is 0.133. The van der Waals surface area contributed by atoms with E-state index in [0.29, 0.717) is 22.7 Å². The summed E-state index contributed by atoms with van der Waals surface area (Å²) in [6.07, 6.45) is 0. The smallest absolute Gasteiger partial charge is 0.270 e. The lowest BCUT2D eigenvalue weighted by Crippen LogP contribution is -2.23. The molecule has 3 aromatic rings. The van der Waals surface area contributed by atoms with Crippen molar-refractivity contribution in [3.05, 3.63) is 74.4 Å². The molecule has 0 saturated heterocycles. The van der Waals surface area contributed by atoms with Crippen LogP contribution < -0.4 is 5.56 Å². The first-order valence-corrected chi connectivity index (χ1v) is 6.78. The Labute approximate surface area is 130 Å². The number of rotatable bonds is 4. The first-order valence-electron chi connectivity index (χ1n) is 6.78. The van der Waals surface area contributed by atoms with E-state index in [9.17, 15) is 14.9 Å². The van der Waals surface area contributed by atoms with E-state index in [4.69, 9.17) is 4.52 Å². The zero-order valence-corrected chi connectivity index (χ0v) is 12.2. The molecule has 2 aromatic heterocycles. The Morgan fingerprint density at radius 2 is 2.09 bits per heavy atom. The molecule has 0 aliphatic heterocycles. The molecule has 0 radical (unpaired) electrons. The summed E-state index contributed by atoms with van der Waals surface area (Å²) in [6.45, 7) is 1.92. The number of aromatic nitrogens is 3. The van der Waals surface area contributed by atoms with E-state index >= 15 is 0 Å². The summed E-state index contributed by atoms with van der Waals surface area (Å²) in [5, 5.41) is 18.9. The SMILES string of the molecule is Cc1cc(Cn2nc(-c3cccc([N+](=O)[O-])c3)ccc2=O)no1. The van der Waals surface area contributed by atoms with E-state index in [1.54, 1.807) is 25.1 Å². The van der Waals surface area contributed by atoms with Gasteiger partial charge in [0, 0.05) is 29.8 Å². The molecule has 0 aliphatic carbocycles. The fourth-order valence-electron chi connectivity index (χ4n) is 2.14. The Bertz CT molecular complexity index is 929. The lowest BCUT2D eigenvalue weighted by Gasteiger charge is -2.05. The normalized spacial score (nSPS) is 10.7. The van der Waals surface area contributed by atoms with Gasteiger partial charge >= 0.3 is 0 Å². The topological polar surface area (TPSA) is 104 Å². The van der Waals surface area contributed by atoms with E-state index in [2.05, 4.69) is 10.3 Å². The number of benzene rings is 1. The first kappa shape index (κ1) is 14.6. The number of nitro groups is 1. The first-order chi connectivity index (χ1) is 11.0. The standard InChI is InChI=1S/C15H12N4O4/c1-10-7-12(17-23-10)9-18-15(20)6-5-14(16-18)11-3-2-4-13(8-11)19(21)22/h2-8H,9H2,1H3. The minimum atomic E-state index is -0.475. The zero-order chi connectivity index (χ0) is 16.4. The second-order valence-corrected chi connectivity index (χ2v) is 4.95. The van der Waals surface area contributed by atoms with Crippen LogP contribution in [-0.2, 0) is 6.54 Å². The lowest BCUT2D eigenvalue weighted by molar-refractivity contribution is -0.384. The van der Waals surface area contributed by atoms with E-state index in [0.717, 1.165) is 0 Å². The van der Waals surface area contributed by atoms with E-state index in [-0.39, 0.29) is 17.8 Å². The summed E-state index contributed by atoms with van der Waals surface area (Å²) in [6, 6.07) is 10.7. The highest BCUT2D eigenvalue weighted by atomic mass is 16.6. The maximum Gasteiger partial charge on any atom is 0.270 e. The van der Waals surface area contributed by atoms with Crippen molar-refractivity contribution in [3.8, 4) is 11.3 Å². The van der Waals surface area contributed by atoms with Gasteiger partial charge in [0.25, 0.3) is 11.2 Å². The van der Waals surface area contributed by atoms with Crippen LogP contribution in [-0.4, -0.2) is 19.9 Å². The van der Waals surface area contributed by atoms with Gasteiger partial charge in [-0.2, -0.15) is 5.10 Å². The summed E-state index contributed by atoms with van der Waals surface area (Å²) in [5.74, 6) is 0.642. The van der Waals surface area contributed by atoms with Crippen molar-refractivity contribution in [2.24, 2.45) is 0 Å². The number of hydrogen-bond acceptors (Lipinski definition) is 6. The Morgan fingerprint density at radius 3 is 2.78 bits per heavy atom. The van der Waals surface area contributed by atoms with E-state index in [1.807, 2.05) is 0 Å². The molecular weight excluding hydrogens is 300 g/mol. The van der Waals surface area contributed by atoms with Crippen LogP contribution in [0.4, 0.5) is 5.69 Å². The van der Waals surface area contributed by atoms with Gasteiger partial charge in [-0.1, -0.05) is 17.3 Å². The molecule has 116 valence electrons. The average molecular weight is 312 g/mol. The van der Waals surface area contributed by atoms with Crippen molar-refractivity contribution in [1.82, 2.24) is 14.9 Å². The Hall–Kier alpha value is -3.29. The molecular formula is C15H12N4O4.